The maximum absolute atomic E-state index is 2.92. The molecule has 0 radical (unpaired) electrons. The molecule has 3 heteroatoms. The van der Waals surface area contributed by atoms with E-state index in [4.69, 9.17) is 0 Å². The van der Waals surface area contributed by atoms with E-state index in [0.717, 1.165) is 0 Å². The second kappa shape index (κ2) is 4.90. The van der Waals surface area contributed by atoms with Crippen molar-refractivity contribution in [3.63, 3.8) is 0 Å². The monoisotopic (exact) mass is 418 g/mol. The van der Waals surface area contributed by atoms with Crippen LogP contribution in [0.3, 0.4) is 0 Å². The molecule has 0 bridgehead atoms. The molecule has 0 heterocycles. The van der Waals surface area contributed by atoms with E-state index in [-0.39, 0.29) is 0 Å². The molecule has 0 spiro atoms. The van der Waals surface area contributed by atoms with Gasteiger partial charge in [-0.1, -0.05) is 51.1 Å². The maximum Gasteiger partial charge on any atom is 0.124 e. The Labute approximate surface area is 78.3 Å². The topological polar surface area (TPSA) is 0 Å². The lowest BCUT2D eigenvalue weighted by Gasteiger charge is -1.76. The summed E-state index contributed by atoms with van der Waals surface area (Å²) >= 11 is 6.53. The highest BCUT2D eigenvalue weighted by atomic mass is 127. The molecule has 0 saturated heterocycles. The molecule has 0 nitrogen and oxygen atoms in total. The molecule has 0 fully saturated rings. The molecule has 0 aliphatic carbocycles. The Hall–Kier alpha value is 1.75. The fourth-order valence-corrected chi connectivity index (χ4v) is 1.86. The normalized spacial score (nSPS) is 7.33. The minimum atomic E-state index is 0.470. The number of hydrogen-bond donors (Lipinski definition) is 0. The van der Waals surface area contributed by atoms with Gasteiger partial charge in [0.25, 0.3) is 0 Å². The van der Waals surface area contributed by atoms with Crippen LogP contribution in [0.5, 0.6) is 0 Å². The molecule has 0 atom stereocenters. The van der Waals surface area contributed by atoms with Gasteiger partial charge in [0.05, 0.1) is 0 Å². The molecular formula is C3HI3. The first kappa shape index (κ1) is 7.75. The van der Waals surface area contributed by atoms with Crippen LogP contribution in [-0.4, -0.2) is 1.93 Å². The van der Waals surface area contributed by atoms with Crippen molar-refractivity contribution in [2.75, 3.05) is 0 Å². The Kier molecular flexibility index (Phi) is 6.33. The Morgan fingerprint density at radius 2 is 1.83 bits per heavy atom. The fraction of sp³-hybridized carbons (Fsp3) is 0.333. The van der Waals surface area contributed by atoms with E-state index in [1.165, 1.54) is 0 Å². The summed E-state index contributed by atoms with van der Waals surface area (Å²) in [6.07, 6.45) is 0. The zero-order valence-electron chi connectivity index (χ0n) is 2.71. The van der Waals surface area contributed by atoms with E-state index < -0.39 is 0 Å². The van der Waals surface area contributed by atoms with Crippen LogP contribution >= 0.6 is 67.8 Å². The molecule has 0 aromatic heterocycles. The highest BCUT2D eigenvalue weighted by molar-refractivity contribution is 14.2. The molecule has 0 aromatic carbocycles. The molecule has 0 aliphatic rings. The highest BCUT2D eigenvalue weighted by Crippen LogP contribution is 2.06. The predicted octanol–water partition coefficient (Wildman–Crippen LogP) is 2.58. The summed E-state index contributed by atoms with van der Waals surface area (Å²) in [5, 5.41) is 0. The van der Waals surface area contributed by atoms with E-state index in [0.29, 0.717) is 1.93 Å². The van der Waals surface area contributed by atoms with Crippen LogP contribution in [0.25, 0.3) is 0 Å². The van der Waals surface area contributed by atoms with Crippen molar-refractivity contribution in [2.45, 2.75) is 1.93 Å². The SMILES string of the molecule is IC#CC(I)I. The van der Waals surface area contributed by atoms with E-state index in [1.807, 2.05) is 22.6 Å². The van der Waals surface area contributed by atoms with E-state index in [9.17, 15) is 0 Å². The van der Waals surface area contributed by atoms with Crippen molar-refractivity contribution in [2.24, 2.45) is 0 Å². The summed E-state index contributed by atoms with van der Waals surface area (Å²) in [6.45, 7) is 0. The predicted molar refractivity (Wildman–Crippen MR) is 53.6 cm³/mol. The van der Waals surface area contributed by atoms with Crippen molar-refractivity contribution < 1.29 is 0 Å². The van der Waals surface area contributed by atoms with Gasteiger partial charge in [-0.15, -0.1) is 0 Å². The zero-order valence-corrected chi connectivity index (χ0v) is 9.18. The Morgan fingerprint density at radius 3 is 1.83 bits per heavy atom. The van der Waals surface area contributed by atoms with Gasteiger partial charge >= 0.3 is 0 Å². The molecule has 0 saturated carbocycles. The second-order valence-electron chi connectivity index (χ2n) is 0.540. The average molecular weight is 418 g/mol. The summed E-state index contributed by atoms with van der Waals surface area (Å²) < 4.78 is 3.24. The molecule has 0 aliphatic heterocycles. The number of rotatable bonds is 0. The summed E-state index contributed by atoms with van der Waals surface area (Å²) in [4.78, 5) is 0. The van der Waals surface area contributed by atoms with E-state index in [1.54, 1.807) is 0 Å². The first-order chi connectivity index (χ1) is 2.77. The van der Waals surface area contributed by atoms with Gasteiger partial charge in [-0.2, -0.15) is 0 Å². The Balaban J connectivity index is 3.20. The maximum atomic E-state index is 2.92. The van der Waals surface area contributed by atoms with E-state index in [2.05, 4.69) is 55.0 Å². The van der Waals surface area contributed by atoms with Crippen LogP contribution in [0, 0.1) is 9.85 Å². The van der Waals surface area contributed by atoms with Gasteiger partial charge in [-0.3, -0.25) is 0 Å². The third kappa shape index (κ3) is 5.75. The van der Waals surface area contributed by atoms with Gasteiger partial charge in [-0.25, -0.2) is 0 Å². The quantitative estimate of drug-likeness (QED) is 0.323. The lowest BCUT2D eigenvalue weighted by Crippen LogP contribution is -1.68. The fourth-order valence-electron chi connectivity index (χ4n) is 0.0412. The van der Waals surface area contributed by atoms with Gasteiger partial charge in [0.2, 0.25) is 0 Å². The third-order valence-electron chi connectivity index (χ3n) is 0.164. The van der Waals surface area contributed by atoms with Crippen LogP contribution in [0.1, 0.15) is 0 Å². The van der Waals surface area contributed by atoms with Crippen molar-refractivity contribution in [3.05, 3.63) is 0 Å². The van der Waals surface area contributed by atoms with Crippen molar-refractivity contribution in [3.8, 4) is 9.85 Å². The van der Waals surface area contributed by atoms with Crippen LogP contribution in [-0.2, 0) is 0 Å². The highest BCUT2D eigenvalue weighted by Gasteiger charge is 1.81. The lowest BCUT2D eigenvalue weighted by atomic mass is 10.8. The van der Waals surface area contributed by atoms with Crippen LogP contribution in [0.4, 0.5) is 0 Å². The number of halogens is 3. The molecule has 0 unspecified atom stereocenters. The van der Waals surface area contributed by atoms with Crippen molar-refractivity contribution in [1.29, 1.82) is 0 Å². The standard InChI is InChI=1S/C3HI3/c4-2-1-3(5)6/h3H. The summed E-state index contributed by atoms with van der Waals surface area (Å²) in [6, 6.07) is 0. The first-order valence-electron chi connectivity index (χ1n) is 1.16. The summed E-state index contributed by atoms with van der Waals surface area (Å²) in [5.74, 6) is 2.92. The average Bonchev–Trinajstić information content (AvgIpc) is 1.35. The Morgan fingerprint density at radius 1 is 1.33 bits per heavy atom. The molecular weight excluding hydrogens is 417 g/mol. The number of hydrogen-bond acceptors (Lipinski definition) is 0. The molecule has 34 valence electrons. The third-order valence-corrected chi connectivity index (χ3v) is 1.10. The largest absolute Gasteiger partial charge is 0.124 e. The Bertz CT molecular complexity index is 75.8. The van der Waals surface area contributed by atoms with Gasteiger partial charge in [0, 0.05) is 22.6 Å². The van der Waals surface area contributed by atoms with Gasteiger partial charge in [0.1, 0.15) is 1.93 Å². The molecule has 6 heavy (non-hydrogen) atoms. The van der Waals surface area contributed by atoms with Crippen molar-refractivity contribution >= 4 is 67.8 Å². The molecule has 0 N–H and O–H groups in total. The van der Waals surface area contributed by atoms with E-state index >= 15 is 0 Å². The zero-order chi connectivity index (χ0) is 4.99. The van der Waals surface area contributed by atoms with Gasteiger partial charge < -0.3 is 0 Å². The summed E-state index contributed by atoms with van der Waals surface area (Å²) in [5.41, 5.74) is 0. The smallest absolute Gasteiger partial charge is 0.0669 e. The first-order valence-corrected chi connectivity index (χ1v) is 4.73. The lowest BCUT2D eigenvalue weighted by molar-refractivity contribution is 1.98. The van der Waals surface area contributed by atoms with Crippen LogP contribution in [0.15, 0.2) is 0 Å². The summed E-state index contributed by atoms with van der Waals surface area (Å²) in [7, 11) is 0. The van der Waals surface area contributed by atoms with Gasteiger partial charge in [-0.05, 0) is 3.93 Å². The van der Waals surface area contributed by atoms with Gasteiger partial charge in [0.15, 0.2) is 0 Å². The number of alkyl halides is 2. The minimum Gasteiger partial charge on any atom is -0.0669 e. The molecule has 0 amide bonds. The molecule has 0 rings (SSSR count). The van der Waals surface area contributed by atoms with Crippen LogP contribution in [0.2, 0.25) is 0 Å². The minimum absolute atomic E-state index is 0.470. The second-order valence-corrected chi connectivity index (χ2v) is 5.95. The van der Waals surface area contributed by atoms with Crippen molar-refractivity contribution in [1.82, 2.24) is 0 Å². The molecule has 0 aromatic rings. The van der Waals surface area contributed by atoms with Crippen LogP contribution < -0.4 is 0 Å².